The quantitative estimate of drug-likeness (QED) is 0.459. The van der Waals surface area contributed by atoms with Crippen LogP contribution in [0, 0.1) is 35.5 Å². The van der Waals surface area contributed by atoms with E-state index >= 15 is 0 Å². The van der Waals surface area contributed by atoms with Gasteiger partial charge in [0.25, 0.3) is 0 Å². The molecule has 146 valence electrons. The average molecular weight is 382 g/mol. The molecule has 8 atom stereocenters. The van der Waals surface area contributed by atoms with Crippen LogP contribution in [0.4, 0.5) is 13.2 Å². The van der Waals surface area contributed by atoms with E-state index in [4.69, 9.17) is 9.26 Å². The summed E-state index contributed by atoms with van der Waals surface area (Å²) in [7, 11) is 3.18. The van der Waals surface area contributed by atoms with E-state index in [1.54, 1.807) is 9.47 Å². The van der Waals surface area contributed by atoms with Gasteiger partial charge in [-0.25, -0.2) is 0 Å². The lowest BCUT2D eigenvalue weighted by molar-refractivity contribution is -0.245. The SMILES string of the molecule is CCC(CC1C(C)C2CC(CC(C)(OP)C(F)(F)F)C1C2)C(=O)OC. The minimum Gasteiger partial charge on any atom is -0.469 e. The van der Waals surface area contributed by atoms with Gasteiger partial charge in [0, 0.05) is 9.47 Å². The van der Waals surface area contributed by atoms with Crippen LogP contribution in [0.25, 0.3) is 0 Å². The lowest BCUT2D eigenvalue weighted by Gasteiger charge is -2.40. The lowest BCUT2D eigenvalue weighted by atomic mass is 9.68. The van der Waals surface area contributed by atoms with Gasteiger partial charge in [-0.05, 0) is 68.6 Å². The van der Waals surface area contributed by atoms with Gasteiger partial charge in [-0.2, -0.15) is 13.2 Å². The Morgan fingerprint density at radius 3 is 2.40 bits per heavy atom. The van der Waals surface area contributed by atoms with E-state index in [2.05, 4.69) is 6.92 Å². The summed E-state index contributed by atoms with van der Waals surface area (Å²) in [5.41, 5.74) is -2.13. The second-order valence-electron chi connectivity index (χ2n) is 8.09. The normalized spacial score (nSPS) is 35.4. The number of esters is 1. The molecule has 2 fully saturated rings. The molecule has 0 aromatic rings. The molecule has 0 amide bonds. The first-order valence-electron chi connectivity index (χ1n) is 9.10. The van der Waals surface area contributed by atoms with Crippen LogP contribution in [0.3, 0.4) is 0 Å². The van der Waals surface area contributed by atoms with E-state index in [1.165, 1.54) is 7.11 Å². The van der Waals surface area contributed by atoms with Crippen LogP contribution in [0.2, 0.25) is 0 Å². The smallest absolute Gasteiger partial charge is 0.417 e. The minimum atomic E-state index is -4.39. The Morgan fingerprint density at radius 1 is 1.32 bits per heavy atom. The third kappa shape index (κ3) is 4.00. The fourth-order valence-corrected chi connectivity index (χ4v) is 5.40. The first kappa shape index (κ1) is 21.0. The van der Waals surface area contributed by atoms with E-state index in [-0.39, 0.29) is 36.1 Å². The second-order valence-corrected chi connectivity index (χ2v) is 8.33. The predicted molar refractivity (Wildman–Crippen MR) is 92.6 cm³/mol. The molecular weight excluding hydrogens is 352 g/mol. The van der Waals surface area contributed by atoms with Gasteiger partial charge in [0.1, 0.15) is 0 Å². The molecule has 0 heterocycles. The number of halogens is 3. The molecule has 2 aliphatic rings. The average Bonchev–Trinajstić information content (AvgIpc) is 3.09. The van der Waals surface area contributed by atoms with Crippen LogP contribution >= 0.6 is 9.47 Å². The molecule has 2 bridgehead atoms. The number of carbonyl (C=O) groups excluding carboxylic acids is 1. The van der Waals surface area contributed by atoms with Gasteiger partial charge in [-0.1, -0.05) is 13.8 Å². The number of hydrogen-bond acceptors (Lipinski definition) is 3. The summed E-state index contributed by atoms with van der Waals surface area (Å²) in [5.74, 6) is 1.06. The second kappa shape index (κ2) is 7.72. The molecule has 3 nitrogen and oxygen atoms in total. The van der Waals surface area contributed by atoms with Crippen molar-refractivity contribution in [1.82, 2.24) is 0 Å². The largest absolute Gasteiger partial charge is 0.469 e. The molecule has 0 radical (unpaired) electrons. The van der Waals surface area contributed by atoms with Crippen LogP contribution in [0.1, 0.15) is 52.9 Å². The highest BCUT2D eigenvalue weighted by Gasteiger charge is 2.58. The molecule has 0 aromatic carbocycles. The summed E-state index contributed by atoms with van der Waals surface area (Å²) >= 11 is 0. The number of methoxy groups -OCH3 is 1. The van der Waals surface area contributed by atoms with Gasteiger partial charge in [-0.15, -0.1) is 0 Å². The van der Waals surface area contributed by atoms with E-state index in [0.29, 0.717) is 24.7 Å². The van der Waals surface area contributed by atoms with Crippen molar-refractivity contribution in [2.24, 2.45) is 35.5 Å². The Bertz CT molecular complexity index is 485. The van der Waals surface area contributed by atoms with Crippen LogP contribution in [0.15, 0.2) is 0 Å². The van der Waals surface area contributed by atoms with Crippen molar-refractivity contribution < 1.29 is 27.2 Å². The van der Waals surface area contributed by atoms with Crippen LogP contribution in [0.5, 0.6) is 0 Å². The monoisotopic (exact) mass is 382 g/mol. The molecule has 0 spiro atoms. The van der Waals surface area contributed by atoms with Gasteiger partial charge in [-0.3, -0.25) is 4.79 Å². The summed E-state index contributed by atoms with van der Waals surface area (Å²) in [6.45, 7) is 5.28. The van der Waals surface area contributed by atoms with E-state index in [9.17, 15) is 18.0 Å². The Kier molecular flexibility index (Phi) is 6.47. The highest BCUT2D eigenvalue weighted by molar-refractivity contribution is 7.09. The lowest BCUT2D eigenvalue weighted by Crippen LogP contribution is -2.46. The van der Waals surface area contributed by atoms with Crippen molar-refractivity contribution >= 4 is 15.4 Å². The molecule has 8 unspecified atom stereocenters. The molecule has 25 heavy (non-hydrogen) atoms. The summed E-state index contributed by atoms with van der Waals surface area (Å²) < 4.78 is 49.9. The Labute approximate surface area is 150 Å². The third-order valence-corrected chi connectivity index (χ3v) is 7.37. The van der Waals surface area contributed by atoms with Crippen molar-refractivity contribution in [1.29, 1.82) is 0 Å². The summed E-state index contributed by atoms with van der Waals surface area (Å²) in [4.78, 5) is 11.9. The number of fused-ring (bicyclic) bond motifs is 2. The van der Waals surface area contributed by atoms with Crippen molar-refractivity contribution in [2.75, 3.05) is 7.11 Å². The summed E-state index contributed by atoms with van der Waals surface area (Å²) in [6.07, 6.45) is -1.19. The number of carbonyl (C=O) groups is 1. The maximum atomic E-state index is 13.4. The molecule has 0 N–H and O–H groups in total. The first-order valence-corrected chi connectivity index (χ1v) is 9.57. The number of alkyl halides is 3. The predicted octanol–water partition coefficient (Wildman–Crippen LogP) is 5.00. The number of ether oxygens (including phenoxy) is 1. The van der Waals surface area contributed by atoms with Crippen LogP contribution < -0.4 is 0 Å². The molecule has 0 aromatic heterocycles. The van der Waals surface area contributed by atoms with E-state index < -0.39 is 11.8 Å². The maximum Gasteiger partial charge on any atom is 0.417 e. The van der Waals surface area contributed by atoms with Gasteiger partial charge in [0.15, 0.2) is 5.60 Å². The van der Waals surface area contributed by atoms with Crippen molar-refractivity contribution in [3.8, 4) is 0 Å². The fraction of sp³-hybridized carbons (Fsp3) is 0.944. The highest BCUT2D eigenvalue weighted by atomic mass is 31.0. The third-order valence-electron chi connectivity index (χ3n) is 6.85. The molecular formula is C18H30F3O3P. The van der Waals surface area contributed by atoms with Crippen molar-refractivity contribution in [3.63, 3.8) is 0 Å². The summed E-state index contributed by atoms with van der Waals surface area (Å²) in [5, 5.41) is 0. The molecule has 0 saturated heterocycles. The van der Waals surface area contributed by atoms with Gasteiger partial charge < -0.3 is 9.26 Å². The maximum absolute atomic E-state index is 13.4. The Morgan fingerprint density at radius 2 is 1.96 bits per heavy atom. The molecule has 2 rings (SSSR count). The van der Waals surface area contributed by atoms with Gasteiger partial charge >= 0.3 is 12.1 Å². The van der Waals surface area contributed by atoms with Crippen molar-refractivity contribution in [2.45, 2.75) is 64.7 Å². The molecule has 2 aliphatic carbocycles. The zero-order valence-corrected chi connectivity index (χ0v) is 16.6. The van der Waals surface area contributed by atoms with Gasteiger partial charge in [0.2, 0.25) is 0 Å². The first-order chi connectivity index (χ1) is 11.6. The highest BCUT2D eigenvalue weighted by Crippen LogP contribution is 2.59. The minimum absolute atomic E-state index is 0.00599. The standard InChI is InChI=1S/C18H30F3O3P/c1-5-11(16(22)23-4)7-14-10(2)12-6-13(15(14)8-12)9-17(3,24-25)18(19,20)21/h10-15H,5-9,25H2,1-4H3. The summed E-state index contributed by atoms with van der Waals surface area (Å²) in [6, 6.07) is 0. The van der Waals surface area contributed by atoms with Crippen LogP contribution in [-0.2, 0) is 14.1 Å². The van der Waals surface area contributed by atoms with Crippen LogP contribution in [-0.4, -0.2) is 24.9 Å². The topological polar surface area (TPSA) is 35.5 Å². The Balaban J connectivity index is 2.11. The van der Waals surface area contributed by atoms with E-state index in [1.807, 2.05) is 6.92 Å². The fourth-order valence-electron chi connectivity index (χ4n) is 5.17. The van der Waals surface area contributed by atoms with Crippen molar-refractivity contribution in [3.05, 3.63) is 0 Å². The van der Waals surface area contributed by atoms with Gasteiger partial charge in [0.05, 0.1) is 13.0 Å². The zero-order chi connectivity index (χ0) is 19.0. The zero-order valence-electron chi connectivity index (χ0n) is 15.4. The number of hydrogen-bond donors (Lipinski definition) is 0. The molecule has 0 aliphatic heterocycles. The molecule has 2 saturated carbocycles. The molecule has 7 heteroatoms. The Hall–Kier alpha value is -0.350. The van der Waals surface area contributed by atoms with E-state index in [0.717, 1.165) is 19.8 Å². The number of rotatable bonds is 7.